The van der Waals surface area contributed by atoms with E-state index in [-0.39, 0.29) is 5.56 Å². The van der Waals surface area contributed by atoms with Crippen molar-refractivity contribution in [2.45, 2.75) is 37.7 Å². The number of nitrogens with zero attached hydrogens (tertiary/aromatic N) is 1. The SMILES string of the molecule is O=c1ccccn1-c1cccc(OCC2(O)CCCCC2)c1. The van der Waals surface area contributed by atoms with Crippen LogP contribution in [0, 0.1) is 0 Å². The van der Waals surface area contributed by atoms with Crippen LogP contribution in [-0.4, -0.2) is 21.9 Å². The number of pyridine rings is 1. The molecule has 1 N–H and O–H groups in total. The van der Waals surface area contributed by atoms with Crippen molar-refractivity contribution in [1.82, 2.24) is 4.57 Å². The van der Waals surface area contributed by atoms with Crippen LogP contribution < -0.4 is 10.3 Å². The van der Waals surface area contributed by atoms with E-state index in [2.05, 4.69) is 0 Å². The molecule has 4 heteroatoms. The van der Waals surface area contributed by atoms with Gasteiger partial charge in [-0.3, -0.25) is 9.36 Å². The van der Waals surface area contributed by atoms with E-state index in [1.165, 1.54) is 12.5 Å². The van der Waals surface area contributed by atoms with Crippen molar-refractivity contribution in [1.29, 1.82) is 0 Å². The molecular weight excluding hydrogens is 278 g/mol. The first-order valence-electron chi connectivity index (χ1n) is 7.80. The normalized spacial score (nSPS) is 17.1. The molecule has 0 unspecified atom stereocenters. The van der Waals surface area contributed by atoms with Gasteiger partial charge in [-0.25, -0.2) is 0 Å². The average molecular weight is 299 g/mol. The second-order valence-corrected chi connectivity index (χ2v) is 5.98. The Morgan fingerprint density at radius 1 is 1.09 bits per heavy atom. The monoisotopic (exact) mass is 299 g/mol. The average Bonchev–Trinajstić information content (AvgIpc) is 2.55. The highest BCUT2D eigenvalue weighted by atomic mass is 16.5. The Morgan fingerprint density at radius 2 is 1.91 bits per heavy atom. The molecule has 1 heterocycles. The van der Waals surface area contributed by atoms with Crippen molar-refractivity contribution in [3.05, 3.63) is 59.0 Å². The molecule has 0 bridgehead atoms. The van der Waals surface area contributed by atoms with Crippen LogP contribution in [0.15, 0.2) is 53.5 Å². The van der Waals surface area contributed by atoms with Crippen LogP contribution in [0.25, 0.3) is 5.69 Å². The van der Waals surface area contributed by atoms with Gasteiger partial charge in [-0.15, -0.1) is 0 Å². The molecule has 0 radical (unpaired) electrons. The quantitative estimate of drug-likeness (QED) is 0.944. The van der Waals surface area contributed by atoms with Gasteiger partial charge < -0.3 is 9.84 Å². The molecule has 4 nitrogen and oxygen atoms in total. The molecular formula is C18H21NO3. The third-order valence-electron chi connectivity index (χ3n) is 4.21. The van der Waals surface area contributed by atoms with Crippen LogP contribution in [0.2, 0.25) is 0 Å². The zero-order valence-corrected chi connectivity index (χ0v) is 12.6. The van der Waals surface area contributed by atoms with Gasteiger partial charge in [-0.05, 0) is 31.0 Å². The fourth-order valence-electron chi connectivity index (χ4n) is 2.94. The minimum Gasteiger partial charge on any atom is -0.491 e. The summed E-state index contributed by atoms with van der Waals surface area (Å²) in [6.07, 6.45) is 6.62. The molecule has 2 aromatic rings. The molecule has 116 valence electrons. The predicted octanol–water partition coefficient (Wildman–Crippen LogP) is 2.91. The van der Waals surface area contributed by atoms with Crippen LogP contribution in [-0.2, 0) is 0 Å². The molecule has 0 spiro atoms. The summed E-state index contributed by atoms with van der Waals surface area (Å²) in [5, 5.41) is 10.5. The van der Waals surface area contributed by atoms with Crippen molar-refractivity contribution in [3.8, 4) is 11.4 Å². The van der Waals surface area contributed by atoms with Crippen molar-refractivity contribution < 1.29 is 9.84 Å². The summed E-state index contributed by atoms with van der Waals surface area (Å²) >= 11 is 0. The molecule has 1 fully saturated rings. The number of ether oxygens (including phenoxy) is 1. The largest absolute Gasteiger partial charge is 0.491 e. The summed E-state index contributed by atoms with van der Waals surface area (Å²) in [5.41, 5.74) is -0.0259. The summed E-state index contributed by atoms with van der Waals surface area (Å²) < 4.78 is 7.36. The van der Waals surface area contributed by atoms with E-state index in [1.54, 1.807) is 16.8 Å². The molecule has 0 amide bonds. The minimum absolute atomic E-state index is 0.0782. The van der Waals surface area contributed by atoms with Crippen molar-refractivity contribution >= 4 is 0 Å². The van der Waals surface area contributed by atoms with Gasteiger partial charge in [0.1, 0.15) is 12.4 Å². The van der Waals surface area contributed by atoms with Crippen LogP contribution in [0.3, 0.4) is 0 Å². The third kappa shape index (κ3) is 3.39. The van der Waals surface area contributed by atoms with E-state index in [4.69, 9.17) is 4.74 Å². The van der Waals surface area contributed by atoms with Gasteiger partial charge in [0, 0.05) is 18.3 Å². The first-order valence-corrected chi connectivity index (χ1v) is 7.80. The van der Waals surface area contributed by atoms with Gasteiger partial charge in [-0.1, -0.05) is 31.4 Å². The maximum absolute atomic E-state index is 11.9. The summed E-state index contributed by atoms with van der Waals surface area (Å²) in [4.78, 5) is 11.9. The Hall–Kier alpha value is -2.07. The van der Waals surface area contributed by atoms with E-state index in [0.29, 0.717) is 12.4 Å². The molecule has 1 aromatic carbocycles. The minimum atomic E-state index is -0.710. The Balaban J connectivity index is 1.74. The summed E-state index contributed by atoms with van der Waals surface area (Å²) in [6, 6.07) is 12.5. The molecule has 0 atom stereocenters. The molecule has 0 aliphatic heterocycles. The molecule has 0 saturated heterocycles. The number of benzene rings is 1. The van der Waals surface area contributed by atoms with Crippen LogP contribution in [0.1, 0.15) is 32.1 Å². The molecule has 3 rings (SSSR count). The van der Waals surface area contributed by atoms with E-state index in [9.17, 15) is 9.90 Å². The highest BCUT2D eigenvalue weighted by Gasteiger charge is 2.29. The zero-order chi connectivity index (χ0) is 15.4. The first kappa shape index (κ1) is 14.9. The van der Waals surface area contributed by atoms with E-state index >= 15 is 0 Å². The number of hydrogen-bond donors (Lipinski definition) is 1. The summed E-state index contributed by atoms with van der Waals surface area (Å²) in [6.45, 7) is 0.306. The Kier molecular flexibility index (Phi) is 4.29. The Morgan fingerprint density at radius 3 is 2.68 bits per heavy atom. The van der Waals surface area contributed by atoms with Gasteiger partial charge in [0.25, 0.3) is 5.56 Å². The van der Waals surface area contributed by atoms with Gasteiger partial charge in [0.05, 0.1) is 11.3 Å². The lowest BCUT2D eigenvalue weighted by Gasteiger charge is -2.31. The molecule has 1 aliphatic rings. The van der Waals surface area contributed by atoms with Crippen LogP contribution in [0.5, 0.6) is 5.75 Å². The molecule has 1 saturated carbocycles. The van der Waals surface area contributed by atoms with Crippen molar-refractivity contribution in [2.24, 2.45) is 0 Å². The molecule has 22 heavy (non-hydrogen) atoms. The van der Waals surface area contributed by atoms with Crippen LogP contribution in [0.4, 0.5) is 0 Å². The lowest BCUT2D eigenvalue weighted by molar-refractivity contribution is -0.0339. The topological polar surface area (TPSA) is 51.5 Å². The lowest BCUT2D eigenvalue weighted by Crippen LogP contribution is -2.37. The van der Waals surface area contributed by atoms with Gasteiger partial charge in [0.2, 0.25) is 0 Å². The third-order valence-corrected chi connectivity index (χ3v) is 4.21. The smallest absolute Gasteiger partial charge is 0.255 e. The number of aliphatic hydroxyl groups is 1. The second kappa shape index (κ2) is 6.36. The molecule has 1 aromatic heterocycles. The van der Waals surface area contributed by atoms with Gasteiger partial charge >= 0.3 is 0 Å². The first-order chi connectivity index (χ1) is 10.7. The van der Waals surface area contributed by atoms with Crippen molar-refractivity contribution in [2.75, 3.05) is 6.61 Å². The van der Waals surface area contributed by atoms with Crippen LogP contribution >= 0.6 is 0 Å². The lowest BCUT2D eigenvalue weighted by atomic mass is 9.85. The van der Waals surface area contributed by atoms with Crippen molar-refractivity contribution in [3.63, 3.8) is 0 Å². The van der Waals surface area contributed by atoms with Gasteiger partial charge in [0.15, 0.2) is 0 Å². The zero-order valence-electron chi connectivity index (χ0n) is 12.6. The number of aromatic nitrogens is 1. The fraction of sp³-hybridized carbons (Fsp3) is 0.389. The highest BCUT2D eigenvalue weighted by molar-refractivity contribution is 5.39. The summed E-state index contributed by atoms with van der Waals surface area (Å²) in [7, 11) is 0. The van der Waals surface area contributed by atoms with E-state index in [1.807, 2.05) is 30.3 Å². The highest BCUT2D eigenvalue weighted by Crippen LogP contribution is 2.29. The van der Waals surface area contributed by atoms with E-state index < -0.39 is 5.60 Å². The molecule has 1 aliphatic carbocycles. The van der Waals surface area contributed by atoms with Gasteiger partial charge in [-0.2, -0.15) is 0 Å². The maximum atomic E-state index is 11.9. The fourth-order valence-corrected chi connectivity index (χ4v) is 2.94. The number of hydrogen-bond acceptors (Lipinski definition) is 3. The maximum Gasteiger partial charge on any atom is 0.255 e. The second-order valence-electron chi connectivity index (χ2n) is 5.98. The summed E-state index contributed by atoms with van der Waals surface area (Å²) in [5.74, 6) is 0.673. The Bertz CT molecular complexity index is 686. The Labute approximate surface area is 130 Å². The standard InChI is InChI=1S/C18H21NO3/c20-17-9-2-5-12-19(17)15-7-6-8-16(13-15)22-14-18(21)10-3-1-4-11-18/h2,5-9,12-13,21H,1,3-4,10-11,14H2. The number of rotatable bonds is 4. The predicted molar refractivity (Wildman–Crippen MR) is 85.6 cm³/mol. The van der Waals surface area contributed by atoms with E-state index in [0.717, 1.165) is 31.4 Å².